The average molecular weight is 375 g/mol. The maximum Gasteiger partial charge on any atom is 0.239 e. The summed E-state index contributed by atoms with van der Waals surface area (Å²) in [5.41, 5.74) is 0.860. The summed E-state index contributed by atoms with van der Waals surface area (Å²) in [5.74, 6) is -0.908. The fraction of sp³-hybridized carbons (Fsp3) is 0.333. The summed E-state index contributed by atoms with van der Waals surface area (Å²) in [7, 11) is 0. The van der Waals surface area contributed by atoms with E-state index in [9.17, 15) is 14.7 Å². The molecule has 1 aromatic carbocycles. The van der Waals surface area contributed by atoms with Crippen LogP contribution in [0, 0.1) is 13.5 Å². The molecule has 26 heavy (non-hydrogen) atoms. The number of aryl methyl sites for hydroxylation is 1. The minimum absolute atomic E-state index is 0.0449. The predicted molar refractivity (Wildman–Crippen MR) is 98.4 cm³/mol. The molecule has 2 aromatic rings. The van der Waals surface area contributed by atoms with Crippen molar-refractivity contribution in [3.05, 3.63) is 53.1 Å². The molecule has 2 rings (SSSR count). The minimum Gasteiger partial charge on any atom is -0.380 e. The third-order valence-corrected chi connectivity index (χ3v) is 4.10. The van der Waals surface area contributed by atoms with Crippen LogP contribution >= 0.6 is 11.6 Å². The Morgan fingerprint density at radius 2 is 2.19 bits per heavy atom. The molecule has 1 aromatic heterocycles. The van der Waals surface area contributed by atoms with Crippen LogP contribution in [0.2, 0.25) is 0 Å². The highest BCUT2D eigenvalue weighted by atomic mass is 35.5. The van der Waals surface area contributed by atoms with Gasteiger partial charge < -0.3 is 10.4 Å². The largest absolute Gasteiger partial charge is 0.380 e. The number of benzene rings is 1. The van der Waals surface area contributed by atoms with E-state index >= 15 is 0 Å². The number of halogens is 1. The second kappa shape index (κ2) is 8.13. The smallest absolute Gasteiger partial charge is 0.239 e. The number of carbonyl (C=O) groups is 2. The molecule has 0 aliphatic rings. The number of anilines is 1. The van der Waals surface area contributed by atoms with Gasteiger partial charge in [-0.1, -0.05) is 18.2 Å². The van der Waals surface area contributed by atoms with E-state index in [1.54, 1.807) is 25.1 Å². The lowest BCUT2D eigenvalue weighted by Gasteiger charge is -2.22. The van der Waals surface area contributed by atoms with Crippen molar-refractivity contribution in [3.8, 4) is 0 Å². The highest BCUT2D eigenvalue weighted by Gasteiger charge is 2.31. The number of aliphatic hydroxyl groups is 1. The summed E-state index contributed by atoms with van der Waals surface area (Å²) in [6, 6.07) is 5.15. The average Bonchev–Trinajstić information content (AvgIpc) is 3.01. The molecule has 1 amide bonds. The molecule has 0 fully saturated rings. The fourth-order valence-electron chi connectivity index (χ4n) is 2.44. The Kier molecular flexibility index (Phi) is 6.14. The summed E-state index contributed by atoms with van der Waals surface area (Å²) in [6.07, 6.45) is 2.97. The Bertz CT molecular complexity index is 868. The summed E-state index contributed by atoms with van der Waals surface area (Å²) >= 11 is 5.42. The lowest BCUT2D eigenvalue weighted by Crippen LogP contribution is -2.40. The zero-order valence-corrected chi connectivity index (χ0v) is 15.2. The van der Waals surface area contributed by atoms with E-state index in [1.807, 2.05) is 0 Å². The van der Waals surface area contributed by atoms with Crippen molar-refractivity contribution in [3.63, 3.8) is 0 Å². The van der Waals surface area contributed by atoms with Crippen molar-refractivity contribution < 1.29 is 14.7 Å². The normalized spacial score (nSPS) is 12.9. The summed E-state index contributed by atoms with van der Waals surface area (Å²) < 4.78 is 1.38. The zero-order chi connectivity index (χ0) is 19.3. The Morgan fingerprint density at radius 3 is 2.81 bits per heavy atom. The summed E-state index contributed by atoms with van der Waals surface area (Å²) in [5, 5.41) is 17.1. The quantitative estimate of drug-likeness (QED) is 0.575. The van der Waals surface area contributed by atoms with Crippen LogP contribution in [0.1, 0.15) is 18.1 Å². The van der Waals surface area contributed by atoms with Crippen LogP contribution < -0.4 is 5.32 Å². The third-order valence-electron chi connectivity index (χ3n) is 3.86. The lowest BCUT2D eigenvalue weighted by molar-refractivity contribution is -0.136. The summed E-state index contributed by atoms with van der Waals surface area (Å²) in [6.45, 7) is 10.2. The van der Waals surface area contributed by atoms with E-state index in [-0.39, 0.29) is 30.5 Å². The van der Waals surface area contributed by atoms with Gasteiger partial charge in [-0.05, 0) is 25.0 Å². The van der Waals surface area contributed by atoms with Crippen LogP contribution in [0.25, 0.3) is 4.85 Å². The van der Waals surface area contributed by atoms with E-state index in [0.29, 0.717) is 11.4 Å². The first kappa shape index (κ1) is 19.6. The molecule has 136 valence electrons. The first-order valence-corrected chi connectivity index (χ1v) is 8.39. The number of alkyl halides is 1. The van der Waals surface area contributed by atoms with E-state index in [4.69, 9.17) is 18.2 Å². The number of nitrogens with zero attached hydrogens (tertiary/aromatic N) is 3. The van der Waals surface area contributed by atoms with Gasteiger partial charge in [0.15, 0.2) is 11.5 Å². The molecule has 0 radical (unpaired) electrons. The predicted octanol–water partition coefficient (Wildman–Crippen LogP) is 2.48. The van der Waals surface area contributed by atoms with Gasteiger partial charge in [-0.25, -0.2) is 4.85 Å². The monoisotopic (exact) mass is 374 g/mol. The number of Topliss-reactive ketones (excluding diaryl/α,β-unsaturated/α-hetero) is 1. The Hall–Kier alpha value is -2.69. The maximum absolute atomic E-state index is 12.5. The second-order valence-corrected chi connectivity index (χ2v) is 6.48. The van der Waals surface area contributed by atoms with Crippen molar-refractivity contribution in [1.29, 1.82) is 0 Å². The minimum atomic E-state index is -1.63. The van der Waals surface area contributed by atoms with Crippen LogP contribution in [-0.4, -0.2) is 38.1 Å². The molecule has 0 spiro atoms. The zero-order valence-electron chi connectivity index (χ0n) is 14.5. The molecule has 1 atom stereocenters. The molecule has 0 saturated heterocycles. The molecule has 0 unspecified atom stereocenters. The van der Waals surface area contributed by atoms with Gasteiger partial charge in [-0.15, -0.1) is 11.6 Å². The lowest BCUT2D eigenvalue weighted by atomic mass is 9.94. The molecule has 0 aliphatic heterocycles. The molecular weight excluding hydrogens is 356 g/mol. The van der Waals surface area contributed by atoms with E-state index in [2.05, 4.69) is 15.3 Å². The first-order valence-electron chi connectivity index (χ1n) is 7.86. The molecule has 8 heteroatoms. The van der Waals surface area contributed by atoms with Gasteiger partial charge in [0.2, 0.25) is 5.91 Å². The van der Waals surface area contributed by atoms with Crippen molar-refractivity contribution >= 4 is 34.7 Å². The Morgan fingerprint density at radius 1 is 1.46 bits per heavy atom. The number of rotatable bonds is 7. The summed E-state index contributed by atoms with van der Waals surface area (Å²) in [4.78, 5) is 27.1. The highest BCUT2D eigenvalue weighted by molar-refractivity contribution is 6.29. The second-order valence-electron chi connectivity index (χ2n) is 6.21. The molecule has 7 nitrogen and oxygen atoms in total. The number of nitrogens with one attached hydrogen (secondary N) is 1. The van der Waals surface area contributed by atoms with Gasteiger partial charge in [0.1, 0.15) is 11.5 Å². The number of ketones is 1. The van der Waals surface area contributed by atoms with Gasteiger partial charge >= 0.3 is 0 Å². The van der Waals surface area contributed by atoms with Crippen LogP contribution in [0.5, 0.6) is 0 Å². The van der Waals surface area contributed by atoms with Crippen LogP contribution in [0.3, 0.4) is 0 Å². The SMILES string of the molecule is [C-]#[N+]c1ccc(CC(=O)[C@@](C)(O)Cn2cc(NC(=O)CCl)cn2)cc1C. The van der Waals surface area contributed by atoms with Crippen molar-refractivity contribution in [2.24, 2.45) is 0 Å². The van der Waals surface area contributed by atoms with Gasteiger partial charge in [0.25, 0.3) is 0 Å². The van der Waals surface area contributed by atoms with Gasteiger partial charge in [-0.3, -0.25) is 14.3 Å². The van der Waals surface area contributed by atoms with E-state index in [1.165, 1.54) is 24.0 Å². The van der Waals surface area contributed by atoms with E-state index in [0.717, 1.165) is 11.1 Å². The molecule has 1 heterocycles. The Labute approximate surface area is 156 Å². The van der Waals surface area contributed by atoms with Crippen molar-refractivity contribution in [2.75, 3.05) is 11.2 Å². The molecule has 0 saturated carbocycles. The van der Waals surface area contributed by atoms with Crippen LogP contribution in [0.4, 0.5) is 11.4 Å². The third kappa shape index (κ3) is 4.91. The standard InChI is InChI=1S/C18H19ClN4O3/c1-12-6-13(4-5-15(12)20-3)7-16(24)18(2,26)11-23-10-14(9-21-23)22-17(25)8-19/h4-6,9-10,26H,7-8,11H2,1-2H3,(H,22,25)/t18-/m0/s1. The van der Waals surface area contributed by atoms with Crippen LogP contribution in [0.15, 0.2) is 30.6 Å². The Balaban J connectivity index is 2.05. The first-order chi connectivity index (χ1) is 12.2. The van der Waals surface area contributed by atoms with Crippen molar-refractivity contribution in [2.45, 2.75) is 32.4 Å². The maximum atomic E-state index is 12.5. The number of aromatic nitrogens is 2. The molecule has 2 N–H and O–H groups in total. The topological polar surface area (TPSA) is 88.6 Å². The number of hydrogen-bond donors (Lipinski definition) is 2. The molecule has 0 bridgehead atoms. The van der Waals surface area contributed by atoms with Crippen molar-refractivity contribution in [1.82, 2.24) is 9.78 Å². The highest BCUT2D eigenvalue weighted by Crippen LogP contribution is 2.21. The number of hydrogen-bond acceptors (Lipinski definition) is 4. The number of amides is 1. The van der Waals surface area contributed by atoms with Gasteiger partial charge in [0, 0.05) is 12.6 Å². The van der Waals surface area contributed by atoms with Gasteiger partial charge in [-0.2, -0.15) is 5.10 Å². The molecule has 0 aliphatic carbocycles. The van der Waals surface area contributed by atoms with E-state index < -0.39 is 5.60 Å². The van der Waals surface area contributed by atoms with Gasteiger partial charge in [0.05, 0.1) is 25.0 Å². The van der Waals surface area contributed by atoms with Crippen LogP contribution in [-0.2, 0) is 22.6 Å². The fourth-order valence-corrected chi connectivity index (χ4v) is 2.51. The molecular formula is C18H19ClN4O3. The number of carbonyl (C=O) groups excluding carboxylic acids is 2.